The van der Waals surface area contributed by atoms with E-state index < -0.39 is 41.9 Å². The van der Waals surface area contributed by atoms with Crippen LogP contribution in [0, 0.1) is 5.92 Å². The average molecular weight is 561 g/mol. The van der Waals surface area contributed by atoms with Crippen LogP contribution >= 0.6 is 0 Å². The van der Waals surface area contributed by atoms with Gasteiger partial charge in [0, 0.05) is 12.3 Å². The molecular formula is C33H40N2O6. The van der Waals surface area contributed by atoms with Gasteiger partial charge in [-0.25, -0.2) is 4.79 Å². The van der Waals surface area contributed by atoms with Gasteiger partial charge in [0.05, 0.1) is 24.3 Å². The second-order valence-electron chi connectivity index (χ2n) is 11.8. The largest absolute Gasteiger partial charge is 0.508 e. The predicted molar refractivity (Wildman–Crippen MR) is 156 cm³/mol. The summed E-state index contributed by atoms with van der Waals surface area (Å²) in [4.78, 5) is 26.5. The van der Waals surface area contributed by atoms with Crippen LogP contribution in [0.25, 0.3) is 0 Å². The molecule has 0 spiro atoms. The Hall–Kier alpha value is -3.88. The first kappa shape index (κ1) is 30.1. The summed E-state index contributed by atoms with van der Waals surface area (Å²) < 4.78 is 5.45. The minimum absolute atomic E-state index is 0.0593. The number of ether oxygens (including phenoxy) is 1. The standard InChI is InChI=1S/C33H40N2O6/c1-33(2,3)41-32(40)34-27(18-22-13-15-25(36)16-14-22)28(37)20-24(17-21-9-5-4-6-10-21)31(39)35-30-26-12-8-7-11-23(26)19-29(30)38/h4-16,24,27-30,36-38H,17-20H2,1-3H3,(H,34,40)(H,35,39). The number of phenolic OH excluding ortho intramolecular Hbond substituents is 1. The van der Waals surface area contributed by atoms with E-state index in [0.29, 0.717) is 12.8 Å². The van der Waals surface area contributed by atoms with Crippen LogP contribution in [0.15, 0.2) is 78.9 Å². The maximum Gasteiger partial charge on any atom is 0.407 e. The predicted octanol–water partition coefficient (Wildman–Crippen LogP) is 4.21. The number of alkyl carbamates (subject to hydrolysis) is 1. The van der Waals surface area contributed by atoms with Crippen LogP contribution in [-0.4, -0.2) is 51.2 Å². The lowest BCUT2D eigenvalue weighted by Gasteiger charge is -2.29. The molecule has 0 saturated heterocycles. The van der Waals surface area contributed by atoms with Crippen molar-refractivity contribution in [2.75, 3.05) is 0 Å². The molecular weight excluding hydrogens is 520 g/mol. The van der Waals surface area contributed by atoms with Crippen LogP contribution in [-0.2, 0) is 28.8 Å². The number of benzene rings is 3. The van der Waals surface area contributed by atoms with Crippen molar-refractivity contribution in [2.24, 2.45) is 5.92 Å². The van der Waals surface area contributed by atoms with E-state index in [1.165, 1.54) is 0 Å². The summed E-state index contributed by atoms with van der Waals surface area (Å²) in [5, 5.41) is 37.7. The highest BCUT2D eigenvalue weighted by atomic mass is 16.6. The van der Waals surface area contributed by atoms with Crippen LogP contribution in [0.1, 0.15) is 55.5 Å². The molecule has 4 rings (SSSR count). The molecule has 5 unspecified atom stereocenters. The summed E-state index contributed by atoms with van der Waals surface area (Å²) in [6, 6.07) is 22.4. The maximum atomic E-state index is 13.7. The Balaban J connectivity index is 1.55. The Kier molecular flexibility index (Phi) is 9.68. The fourth-order valence-corrected chi connectivity index (χ4v) is 5.28. The van der Waals surface area contributed by atoms with Gasteiger partial charge in [-0.05, 0) is 74.4 Å². The van der Waals surface area contributed by atoms with E-state index in [1.807, 2.05) is 54.6 Å². The number of carbonyl (C=O) groups excluding carboxylic acids is 2. The Morgan fingerprint density at radius 2 is 1.56 bits per heavy atom. The van der Waals surface area contributed by atoms with Gasteiger partial charge in [-0.15, -0.1) is 0 Å². The van der Waals surface area contributed by atoms with Gasteiger partial charge in [0.2, 0.25) is 5.91 Å². The summed E-state index contributed by atoms with van der Waals surface area (Å²) >= 11 is 0. The second kappa shape index (κ2) is 13.2. The number of aliphatic hydroxyl groups excluding tert-OH is 2. The number of hydrogen-bond acceptors (Lipinski definition) is 6. The first-order valence-electron chi connectivity index (χ1n) is 14.0. The van der Waals surface area contributed by atoms with E-state index >= 15 is 0 Å². The highest BCUT2D eigenvalue weighted by Gasteiger charge is 2.35. The first-order chi connectivity index (χ1) is 19.5. The Bertz CT molecular complexity index is 1310. The molecule has 0 aromatic heterocycles. The Morgan fingerprint density at radius 1 is 0.927 bits per heavy atom. The molecule has 3 aromatic carbocycles. The molecule has 0 radical (unpaired) electrons. The van der Waals surface area contributed by atoms with Crippen molar-refractivity contribution in [2.45, 2.75) is 76.3 Å². The fourth-order valence-electron chi connectivity index (χ4n) is 5.28. The van der Waals surface area contributed by atoms with Crippen LogP contribution in [0.2, 0.25) is 0 Å². The molecule has 8 nitrogen and oxygen atoms in total. The molecule has 5 atom stereocenters. The summed E-state index contributed by atoms with van der Waals surface area (Å²) in [7, 11) is 0. The number of phenols is 1. The molecule has 0 aliphatic heterocycles. The molecule has 1 aliphatic carbocycles. The van der Waals surface area contributed by atoms with Crippen LogP contribution in [0.4, 0.5) is 4.79 Å². The highest BCUT2D eigenvalue weighted by Crippen LogP contribution is 2.32. The van der Waals surface area contributed by atoms with Gasteiger partial charge in [0.1, 0.15) is 11.4 Å². The maximum absolute atomic E-state index is 13.7. The van der Waals surface area contributed by atoms with Crippen molar-refractivity contribution in [1.29, 1.82) is 0 Å². The molecule has 0 heterocycles. The highest BCUT2D eigenvalue weighted by molar-refractivity contribution is 5.80. The van der Waals surface area contributed by atoms with Gasteiger partial charge < -0.3 is 30.7 Å². The zero-order chi connectivity index (χ0) is 29.6. The smallest absolute Gasteiger partial charge is 0.407 e. The lowest BCUT2D eigenvalue weighted by atomic mass is 9.88. The molecule has 41 heavy (non-hydrogen) atoms. The quantitative estimate of drug-likeness (QED) is 0.253. The van der Waals surface area contributed by atoms with Gasteiger partial charge in [-0.3, -0.25) is 4.79 Å². The molecule has 1 aliphatic rings. The fraction of sp³-hybridized carbons (Fsp3) is 0.394. The van der Waals surface area contributed by atoms with Crippen LogP contribution in [0.3, 0.4) is 0 Å². The second-order valence-corrected chi connectivity index (χ2v) is 11.8. The molecule has 218 valence electrons. The Labute approximate surface area is 241 Å². The average Bonchev–Trinajstić information content (AvgIpc) is 3.23. The van der Waals surface area contributed by atoms with Crippen molar-refractivity contribution in [1.82, 2.24) is 10.6 Å². The van der Waals surface area contributed by atoms with Crippen molar-refractivity contribution in [3.05, 3.63) is 101 Å². The SMILES string of the molecule is CC(C)(C)OC(=O)NC(Cc1ccc(O)cc1)C(O)CC(Cc1ccccc1)C(=O)NC1c2ccccc2CC1O. The number of carbonyl (C=O) groups is 2. The molecule has 2 amide bonds. The van der Waals surface area contributed by atoms with Gasteiger partial charge in [0.25, 0.3) is 0 Å². The number of aromatic hydroxyl groups is 1. The van der Waals surface area contributed by atoms with Gasteiger partial charge in [-0.1, -0.05) is 66.7 Å². The molecule has 0 fully saturated rings. The number of hydrogen-bond donors (Lipinski definition) is 5. The summed E-state index contributed by atoms with van der Waals surface area (Å²) in [5.74, 6) is -0.814. The zero-order valence-corrected chi connectivity index (χ0v) is 23.8. The van der Waals surface area contributed by atoms with E-state index in [1.54, 1.807) is 45.0 Å². The van der Waals surface area contributed by atoms with E-state index in [0.717, 1.165) is 22.3 Å². The van der Waals surface area contributed by atoms with Crippen LogP contribution in [0.5, 0.6) is 5.75 Å². The van der Waals surface area contributed by atoms with Gasteiger partial charge in [-0.2, -0.15) is 0 Å². The number of fused-ring (bicyclic) bond motifs is 1. The van der Waals surface area contributed by atoms with Crippen molar-refractivity contribution < 1.29 is 29.6 Å². The number of aliphatic hydroxyl groups is 2. The minimum atomic E-state index is -1.10. The normalized spacial score (nSPS) is 18.6. The summed E-state index contributed by atoms with van der Waals surface area (Å²) in [6.07, 6.45) is -1.37. The van der Waals surface area contributed by atoms with E-state index in [-0.39, 0.29) is 24.5 Å². The molecule has 0 saturated carbocycles. The summed E-state index contributed by atoms with van der Waals surface area (Å²) in [6.45, 7) is 5.27. The lowest BCUT2D eigenvalue weighted by molar-refractivity contribution is -0.127. The van der Waals surface area contributed by atoms with Crippen LogP contribution < -0.4 is 10.6 Å². The molecule has 5 N–H and O–H groups in total. The minimum Gasteiger partial charge on any atom is -0.508 e. The summed E-state index contributed by atoms with van der Waals surface area (Å²) in [5.41, 5.74) is 2.89. The van der Waals surface area contributed by atoms with E-state index in [9.17, 15) is 24.9 Å². The van der Waals surface area contributed by atoms with E-state index in [4.69, 9.17) is 4.74 Å². The third-order valence-corrected chi connectivity index (χ3v) is 7.28. The molecule has 0 bridgehead atoms. The van der Waals surface area contributed by atoms with E-state index in [2.05, 4.69) is 10.6 Å². The van der Waals surface area contributed by atoms with Gasteiger partial charge >= 0.3 is 6.09 Å². The molecule has 3 aromatic rings. The van der Waals surface area contributed by atoms with Gasteiger partial charge in [0.15, 0.2) is 0 Å². The first-order valence-corrected chi connectivity index (χ1v) is 14.0. The third kappa shape index (κ3) is 8.55. The monoisotopic (exact) mass is 560 g/mol. The lowest BCUT2D eigenvalue weighted by Crippen LogP contribution is -2.48. The topological polar surface area (TPSA) is 128 Å². The zero-order valence-electron chi connectivity index (χ0n) is 23.8. The van der Waals surface area contributed by atoms with Crippen molar-refractivity contribution >= 4 is 12.0 Å². The van der Waals surface area contributed by atoms with Crippen molar-refractivity contribution in [3.63, 3.8) is 0 Å². The Morgan fingerprint density at radius 3 is 2.24 bits per heavy atom. The number of amides is 2. The third-order valence-electron chi connectivity index (χ3n) is 7.28. The number of rotatable bonds is 10. The van der Waals surface area contributed by atoms with Crippen molar-refractivity contribution in [3.8, 4) is 5.75 Å². The number of nitrogens with one attached hydrogen (secondary N) is 2. The molecule has 8 heteroatoms.